The Labute approximate surface area is 139 Å². The summed E-state index contributed by atoms with van der Waals surface area (Å²) >= 11 is 0. The van der Waals surface area contributed by atoms with Crippen molar-refractivity contribution in [3.63, 3.8) is 0 Å². The van der Waals surface area contributed by atoms with Crippen molar-refractivity contribution in [2.45, 2.75) is 19.4 Å². The van der Waals surface area contributed by atoms with Crippen LogP contribution in [0.5, 0.6) is 0 Å². The molecule has 1 saturated heterocycles. The van der Waals surface area contributed by atoms with Crippen LogP contribution in [-0.2, 0) is 16.1 Å². The molecule has 1 aliphatic heterocycles. The van der Waals surface area contributed by atoms with E-state index in [1.807, 2.05) is 11.0 Å². The second kappa shape index (κ2) is 7.31. The molecule has 1 aliphatic rings. The molecule has 1 unspecified atom stereocenters. The van der Waals surface area contributed by atoms with Crippen molar-refractivity contribution in [2.24, 2.45) is 5.92 Å². The first-order valence-electron chi connectivity index (χ1n) is 7.78. The number of carbonyl (C=O) groups is 1. The molecule has 8 heteroatoms. The quantitative estimate of drug-likeness (QED) is 0.878. The van der Waals surface area contributed by atoms with Crippen molar-refractivity contribution < 1.29 is 14.6 Å². The zero-order valence-electron chi connectivity index (χ0n) is 13.4. The van der Waals surface area contributed by atoms with Gasteiger partial charge in [0.25, 0.3) is 0 Å². The van der Waals surface area contributed by atoms with Gasteiger partial charge < -0.3 is 14.7 Å². The van der Waals surface area contributed by atoms with Gasteiger partial charge in [0.2, 0.25) is 0 Å². The number of hydrogen-bond acceptors (Lipinski definition) is 7. The Balaban J connectivity index is 1.94. The number of aromatic nitrogens is 4. The van der Waals surface area contributed by atoms with E-state index < -0.39 is 5.97 Å². The maximum atomic E-state index is 11.3. The lowest BCUT2D eigenvalue weighted by Crippen LogP contribution is -2.39. The van der Waals surface area contributed by atoms with E-state index in [1.54, 1.807) is 25.7 Å². The average molecular weight is 329 g/mol. The molecule has 3 rings (SSSR count). The first-order chi connectivity index (χ1) is 11.7. The molecular weight excluding hydrogens is 310 g/mol. The first kappa shape index (κ1) is 16.3. The van der Waals surface area contributed by atoms with Gasteiger partial charge in [-0.05, 0) is 12.8 Å². The van der Waals surface area contributed by atoms with Crippen LogP contribution in [0, 0.1) is 5.92 Å². The van der Waals surface area contributed by atoms with Crippen molar-refractivity contribution in [1.82, 2.24) is 19.9 Å². The molecule has 1 fully saturated rings. The Morgan fingerprint density at radius 2 is 2.29 bits per heavy atom. The second-order valence-corrected chi connectivity index (χ2v) is 5.69. The van der Waals surface area contributed by atoms with Crippen LogP contribution in [0.25, 0.3) is 11.5 Å². The Morgan fingerprint density at radius 3 is 3.00 bits per heavy atom. The normalized spacial score (nSPS) is 17.7. The monoisotopic (exact) mass is 329 g/mol. The third kappa shape index (κ3) is 3.65. The summed E-state index contributed by atoms with van der Waals surface area (Å²) in [6, 6.07) is 1.84. The summed E-state index contributed by atoms with van der Waals surface area (Å²) in [4.78, 5) is 30.6. The number of aliphatic carboxylic acids is 1. The fourth-order valence-corrected chi connectivity index (χ4v) is 2.78. The Hall–Kier alpha value is -2.61. The molecule has 1 atom stereocenters. The highest BCUT2D eigenvalue weighted by Crippen LogP contribution is 2.24. The number of anilines is 1. The maximum absolute atomic E-state index is 11.3. The second-order valence-electron chi connectivity index (χ2n) is 5.69. The van der Waals surface area contributed by atoms with Gasteiger partial charge in [0, 0.05) is 38.7 Å². The molecule has 0 radical (unpaired) electrons. The number of methoxy groups -OCH3 is 1. The van der Waals surface area contributed by atoms with Gasteiger partial charge in [-0.2, -0.15) is 0 Å². The van der Waals surface area contributed by atoms with Gasteiger partial charge >= 0.3 is 5.97 Å². The van der Waals surface area contributed by atoms with E-state index in [2.05, 4.69) is 19.9 Å². The minimum Gasteiger partial charge on any atom is -0.481 e. The fraction of sp³-hybridized carbons (Fsp3) is 0.438. The van der Waals surface area contributed by atoms with E-state index in [9.17, 15) is 9.90 Å². The number of nitrogens with zero attached hydrogens (tertiary/aromatic N) is 5. The zero-order valence-corrected chi connectivity index (χ0v) is 13.4. The fourth-order valence-electron chi connectivity index (χ4n) is 2.78. The molecule has 2 aromatic rings. The van der Waals surface area contributed by atoms with E-state index in [0.717, 1.165) is 18.7 Å². The predicted octanol–water partition coefficient (Wildman–Crippen LogP) is 1.38. The summed E-state index contributed by atoms with van der Waals surface area (Å²) in [6.45, 7) is 1.56. The number of rotatable bonds is 5. The van der Waals surface area contributed by atoms with Gasteiger partial charge in [-0.1, -0.05) is 0 Å². The van der Waals surface area contributed by atoms with Gasteiger partial charge in [-0.25, -0.2) is 15.0 Å². The minimum atomic E-state index is -0.764. The van der Waals surface area contributed by atoms with Crippen LogP contribution in [-0.4, -0.2) is 51.2 Å². The molecule has 2 aromatic heterocycles. The Bertz CT molecular complexity index is 710. The molecule has 0 bridgehead atoms. The van der Waals surface area contributed by atoms with Crippen molar-refractivity contribution in [3.8, 4) is 11.5 Å². The highest BCUT2D eigenvalue weighted by molar-refractivity contribution is 5.71. The van der Waals surface area contributed by atoms with E-state index in [-0.39, 0.29) is 5.92 Å². The van der Waals surface area contributed by atoms with Crippen molar-refractivity contribution >= 4 is 11.8 Å². The van der Waals surface area contributed by atoms with Crippen LogP contribution < -0.4 is 4.90 Å². The van der Waals surface area contributed by atoms with Crippen molar-refractivity contribution in [3.05, 3.63) is 30.4 Å². The lowest BCUT2D eigenvalue weighted by molar-refractivity contribution is -0.141. The summed E-state index contributed by atoms with van der Waals surface area (Å²) in [5.74, 6) is 0.0216. The molecular formula is C16H19N5O3. The molecule has 8 nitrogen and oxygen atoms in total. The lowest BCUT2D eigenvalue weighted by Gasteiger charge is -2.31. The van der Waals surface area contributed by atoms with Crippen LogP contribution in [0.2, 0.25) is 0 Å². The summed E-state index contributed by atoms with van der Waals surface area (Å²) in [5.41, 5.74) is 1.30. The highest BCUT2D eigenvalue weighted by atomic mass is 16.5. The number of ether oxygens (including phenoxy) is 1. The lowest BCUT2D eigenvalue weighted by atomic mass is 9.98. The van der Waals surface area contributed by atoms with Crippen molar-refractivity contribution in [2.75, 3.05) is 25.1 Å². The predicted molar refractivity (Wildman–Crippen MR) is 86.3 cm³/mol. The molecule has 1 N–H and O–H groups in total. The van der Waals surface area contributed by atoms with E-state index >= 15 is 0 Å². The van der Waals surface area contributed by atoms with E-state index in [0.29, 0.717) is 36.9 Å². The van der Waals surface area contributed by atoms with E-state index in [1.165, 1.54) is 0 Å². The van der Waals surface area contributed by atoms with Gasteiger partial charge in [0.15, 0.2) is 5.82 Å². The van der Waals surface area contributed by atoms with Crippen LogP contribution in [0.15, 0.2) is 24.7 Å². The summed E-state index contributed by atoms with van der Waals surface area (Å²) in [5, 5.41) is 9.28. The van der Waals surface area contributed by atoms with Crippen LogP contribution in [0.1, 0.15) is 18.5 Å². The molecule has 3 heterocycles. The standard InChI is InChI=1S/C16H19N5O3/c1-24-10-12-7-14(21-6-2-3-11(9-21)16(22)23)20-15(19-12)13-8-17-4-5-18-13/h4-5,7-8,11H,2-3,6,9-10H2,1H3,(H,22,23). The minimum absolute atomic E-state index is 0.346. The Morgan fingerprint density at radius 1 is 1.42 bits per heavy atom. The van der Waals surface area contributed by atoms with Gasteiger partial charge in [-0.15, -0.1) is 0 Å². The molecule has 0 aliphatic carbocycles. The zero-order chi connectivity index (χ0) is 16.9. The average Bonchev–Trinajstić information content (AvgIpc) is 2.62. The SMILES string of the molecule is COCc1cc(N2CCCC(C(=O)O)C2)nc(-c2cnccn2)n1. The molecule has 0 spiro atoms. The van der Waals surface area contributed by atoms with Crippen molar-refractivity contribution in [1.29, 1.82) is 0 Å². The molecule has 126 valence electrons. The number of hydrogen-bond donors (Lipinski definition) is 1. The van der Waals surface area contributed by atoms with Crippen LogP contribution in [0.4, 0.5) is 5.82 Å². The maximum Gasteiger partial charge on any atom is 0.308 e. The molecule has 0 aromatic carbocycles. The number of piperidine rings is 1. The summed E-state index contributed by atoms with van der Waals surface area (Å²) in [7, 11) is 1.60. The summed E-state index contributed by atoms with van der Waals surface area (Å²) in [6.07, 6.45) is 6.29. The van der Waals surface area contributed by atoms with Gasteiger partial charge in [0.1, 0.15) is 11.5 Å². The number of carboxylic acid groups (broad SMARTS) is 1. The summed E-state index contributed by atoms with van der Waals surface area (Å²) < 4.78 is 5.18. The van der Waals surface area contributed by atoms with Gasteiger partial charge in [0.05, 0.1) is 24.4 Å². The van der Waals surface area contributed by atoms with Crippen LogP contribution >= 0.6 is 0 Å². The topological polar surface area (TPSA) is 101 Å². The third-order valence-corrected chi connectivity index (χ3v) is 3.94. The third-order valence-electron chi connectivity index (χ3n) is 3.94. The molecule has 24 heavy (non-hydrogen) atoms. The largest absolute Gasteiger partial charge is 0.481 e. The number of carboxylic acids is 1. The first-order valence-corrected chi connectivity index (χ1v) is 7.78. The van der Waals surface area contributed by atoms with Gasteiger partial charge in [-0.3, -0.25) is 9.78 Å². The smallest absolute Gasteiger partial charge is 0.308 e. The Kier molecular flexibility index (Phi) is 4.95. The molecule has 0 saturated carbocycles. The van der Waals surface area contributed by atoms with E-state index in [4.69, 9.17) is 4.74 Å². The van der Waals surface area contributed by atoms with Crippen LogP contribution in [0.3, 0.4) is 0 Å². The highest BCUT2D eigenvalue weighted by Gasteiger charge is 2.26. The molecule has 0 amide bonds.